The van der Waals surface area contributed by atoms with Crippen LogP contribution < -0.4 is 10.6 Å². The van der Waals surface area contributed by atoms with Crippen LogP contribution >= 0.6 is 0 Å². The first-order chi connectivity index (χ1) is 9.22. The van der Waals surface area contributed by atoms with E-state index < -0.39 is 0 Å². The summed E-state index contributed by atoms with van der Waals surface area (Å²) < 4.78 is 0. The molecule has 0 saturated heterocycles. The third kappa shape index (κ3) is 3.69. The van der Waals surface area contributed by atoms with Gasteiger partial charge in [-0.3, -0.25) is 0 Å². The fourth-order valence-electron chi connectivity index (χ4n) is 2.69. The largest absolute Gasteiger partial charge is 0.356 e. The Kier molecular flexibility index (Phi) is 3.74. The molecule has 19 heavy (non-hydrogen) atoms. The molecule has 1 aromatic rings. The lowest BCUT2D eigenvalue weighted by molar-refractivity contribution is 0.660. The second-order valence-electron chi connectivity index (χ2n) is 6.46. The summed E-state index contributed by atoms with van der Waals surface area (Å²) in [6.45, 7) is 4.46. The number of hydrogen-bond donors (Lipinski definition) is 1. The quantitative estimate of drug-likeness (QED) is 0.818. The van der Waals surface area contributed by atoms with E-state index in [1.54, 1.807) is 0 Å². The lowest BCUT2D eigenvalue weighted by Gasteiger charge is -2.26. The van der Waals surface area contributed by atoms with Crippen molar-refractivity contribution >= 4 is 5.82 Å². The van der Waals surface area contributed by atoms with Gasteiger partial charge in [0.05, 0.1) is 0 Å². The van der Waals surface area contributed by atoms with Crippen molar-refractivity contribution in [3.63, 3.8) is 0 Å². The molecule has 2 saturated carbocycles. The Morgan fingerprint density at radius 1 is 1.26 bits per heavy atom. The molecule has 3 rings (SSSR count). The minimum absolute atomic E-state index is 0.201. The number of nitrogens with two attached hydrogens (primary N) is 1. The Bertz CT molecular complexity index is 408. The lowest BCUT2D eigenvalue weighted by atomic mass is 10.1. The van der Waals surface area contributed by atoms with Gasteiger partial charge in [-0.1, -0.05) is 6.07 Å². The molecule has 0 spiro atoms. The molecule has 2 N–H and O–H groups in total. The topological polar surface area (TPSA) is 42.1 Å². The van der Waals surface area contributed by atoms with Gasteiger partial charge in [0, 0.05) is 25.3 Å². The van der Waals surface area contributed by atoms with Gasteiger partial charge in [0.2, 0.25) is 0 Å². The summed E-state index contributed by atoms with van der Waals surface area (Å²) in [4.78, 5) is 7.20. The molecule has 104 valence electrons. The summed E-state index contributed by atoms with van der Waals surface area (Å²) >= 11 is 0. The second-order valence-corrected chi connectivity index (χ2v) is 6.46. The highest BCUT2D eigenvalue weighted by Crippen LogP contribution is 2.36. The Hall–Kier alpha value is -1.09. The molecule has 0 radical (unpaired) electrons. The highest BCUT2D eigenvalue weighted by Gasteiger charge is 2.30. The number of pyridine rings is 1. The molecule has 1 unspecified atom stereocenters. The summed E-state index contributed by atoms with van der Waals surface area (Å²) in [5.41, 5.74) is 7.29. The standard InChI is InChI=1S/C16H25N3/c1-12(17)9-15-3-2-8-18-16(15)19(10-13-4-5-13)11-14-6-7-14/h2-3,8,12-14H,4-7,9-11,17H2,1H3. The van der Waals surface area contributed by atoms with Crippen molar-refractivity contribution in [3.8, 4) is 0 Å². The maximum Gasteiger partial charge on any atom is 0.131 e. The smallest absolute Gasteiger partial charge is 0.131 e. The Morgan fingerprint density at radius 3 is 2.42 bits per heavy atom. The summed E-state index contributed by atoms with van der Waals surface area (Å²) in [6, 6.07) is 4.43. The lowest BCUT2D eigenvalue weighted by Crippen LogP contribution is -2.31. The first-order valence-electron chi connectivity index (χ1n) is 7.67. The molecule has 3 heteroatoms. The van der Waals surface area contributed by atoms with Crippen LogP contribution in [0.15, 0.2) is 18.3 Å². The molecular weight excluding hydrogens is 234 g/mol. The molecule has 3 nitrogen and oxygen atoms in total. The molecule has 0 aromatic carbocycles. The Labute approximate surface area is 116 Å². The maximum atomic E-state index is 5.97. The van der Waals surface area contributed by atoms with Gasteiger partial charge in [-0.05, 0) is 62.5 Å². The molecule has 2 fully saturated rings. The van der Waals surface area contributed by atoms with E-state index in [4.69, 9.17) is 5.73 Å². The highest BCUT2D eigenvalue weighted by molar-refractivity contribution is 5.47. The van der Waals surface area contributed by atoms with Gasteiger partial charge in [-0.25, -0.2) is 4.98 Å². The van der Waals surface area contributed by atoms with Gasteiger partial charge in [0.15, 0.2) is 0 Å². The highest BCUT2D eigenvalue weighted by atomic mass is 15.2. The molecule has 1 heterocycles. The average Bonchev–Trinajstić information content (AvgIpc) is 3.23. The molecule has 0 aliphatic heterocycles. The van der Waals surface area contributed by atoms with E-state index in [1.165, 1.54) is 50.2 Å². The normalized spacial score (nSPS) is 20.3. The Balaban J connectivity index is 1.78. The zero-order valence-electron chi connectivity index (χ0n) is 11.9. The fraction of sp³-hybridized carbons (Fsp3) is 0.688. The van der Waals surface area contributed by atoms with Crippen molar-refractivity contribution in [1.82, 2.24) is 4.98 Å². The third-order valence-electron chi connectivity index (χ3n) is 4.06. The van der Waals surface area contributed by atoms with Crippen molar-refractivity contribution < 1.29 is 0 Å². The van der Waals surface area contributed by atoms with Crippen LogP contribution in [0.4, 0.5) is 5.82 Å². The maximum absolute atomic E-state index is 5.97. The predicted octanol–water partition coefficient (Wildman–Crippen LogP) is 2.60. The van der Waals surface area contributed by atoms with Gasteiger partial charge in [-0.2, -0.15) is 0 Å². The summed E-state index contributed by atoms with van der Waals surface area (Å²) in [5.74, 6) is 3.01. The van der Waals surface area contributed by atoms with Crippen LogP contribution in [0.5, 0.6) is 0 Å². The number of rotatable bonds is 7. The van der Waals surface area contributed by atoms with Crippen LogP contribution in [0.2, 0.25) is 0 Å². The second kappa shape index (κ2) is 5.49. The van der Waals surface area contributed by atoms with Crippen LogP contribution in [-0.4, -0.2) is 24.1 Å². The number of anilines is 1. The van der Waals surface area contributed by atoms with E-state index in [2.05, 4.69) is 22.9 Å². The van der Waals surface area contributed by atoms with Crippen molar-refractivity contribution in [3.05, 3.63) is 23.9 Å². The first kappa shape index (κ1) is 12.9. The molecule has 2 aliphatic carbocycles. The number of aromatic nitrogens is 1. The monoisotopic (exact) mass is 259 g/mol. The third-order valence-corrected chi connectivity index (χ3v) is 4.06. The summed E-state index contributed by atoms with van der Waals surface area (Å²) in [7, 11) is 0. The van der Waals surface area contributed by atoms with Gasteiger partial charge in [0.25, 0.3) is 0 Å². The van der Waals surface area contributed by atoms with E-state index in [9.17, 15) is 0 Å². The van der Waals surface area contributed by atoms with Gasteiger partial charge >= 0.3 is 0 Å². The van der Waals surface area contributed by atoms with E-state index in [1.807, 2.05) is 12.3 Å². The van der Waals surface area contributed by atoms with Gasteiger partial charge in [-0.15, -0.1) is 0 Å². The van der Waals surface area contributed by atoms with Gasteiger partial charge in [0.1, 0.15) is 5.82 Å². The summed E-state index contributed by atoms with van der Waals surface area (Å²) in [6.07, 6.45) is 8.45. The average molecular weight is 259 g/mol. The molecule has 1 atom stereocenters. The van der Waals surface area contributed by atoms with E-state index in [0.29, 0.717) is 0 Å². The van der Waals surface area contributed by atoms with Crippen LogP contribution in [0.1, 0.15) is 38.2 Å². The zero-order chi connectivity index (χ0) is 13.2. The number of nitrogens with zero attached hydrogens (tertiary/aromatic N) is 2. The Morgan fingerprint density at radius 2 is 1.89 bits per heavy atom. The van der Waals surface area contributed by atoms with Crippen LogP contribution in [0.3, 0.4) is 0 Å². The molecule has 0 amide bonds. The van der Waals surface area contributed by atoms with E-state index in [-0.39, 0.29) is 6.04 Å². The number of hydrogen-bond acceptors (Lipinski definition) is 3. The summed E-state index contributed by atoms with van der Waals surface area (Å²) in [5, 5.41) is 0. The van der Waals surface area contributed by atoms with Crippen molar-refractivity contribution in [2.75, 3.05) is 18.0 Å². The molecule has 0 bridgehead atoms. The van der Waals surface area contributed by atoms with Gasteiger partial charge < -0.3 is 10.6 Å². The fourth-order valence-corrected chi connectivity index (χ4v) is 2.69. The van der Waals surface area contributed by atoms with Crippen LogP contribution in [0.25, 0.3) is 0 Å². The van der Waals surface area contributed by atoms with E-state index >= 15 is 0 Å². The predicted molar refractivity (Wildman–Crippen MR) is 79.3 cm³/mol. The minimum atomic E-state index is 0.201. The molecule has 1 aromatic heterocycles. The van der Waals surface area contributed by atoms with E-state index in [0.717, 1.165) is 18.3 Å². The van der Waals surface area contributed by atoms with Crippen molar-refractivity contribution in [1.29, 1.82) is 0 Å². The van der Waals surface area contributed by atoms with Crippen LogP contribution in [-0.2, 0) is 6.42 Å². The van der Waals surface area contributed by atoms with Crippen molar-refractivity contribution in [2.45, 2.75) is 45.1 Å². The minimum Gasteiger partial charge on any atom is -0.356 e. The first-order valence-corrected chi connectivity index (χ1v) is 7.67. The van der Waals surface area contributed by atoms with Crippen molar-refractivity contribution in [2.24, 2.45) is 17.6 Å². The SMILES string of the molecule is CC(N)Cc1cccnc1N(CC1CC1)CC1CC1. The zero-order valence-corrected chi connectivity index (χ0v) is 11.9. The molecule has 2 aliphatic rings. The van der Waals surface area contributed by atoms with Crippen LogP contribution in [0, 0.1) is 11.8 Å². The molecular formula is C16H25N3.